The largest absolute Gasteiger partial charge is 0.454 e. The number of carbonyl (C=O) groups excluding carboxylic acids is 1. The summed E-state index contributed by atoms with van der Waals surface area (Å²) in [6.45, 7) is 3.98. The van der Waals surface area contributed by atoms with Gasteiger partial charge in [0.25, 0.3) is 0 Å². The highest BCUT2D eigenvalue weighted by molar-refractivity contribution is 5.74. The average molecular weight is 434 g/mol. The number of ether oxygens (including phenoxy) is 2. The Morgan fingerprint density at radius 3 is 2.91 bits per heavy atom. The topological polar surface area (TPSA) is 54.0 Å². The molecule has 2 amide bonds. The molecule has 0 radical (unpaired) electrons. The minimum absolute atomic E-state index is 0.0954. The summed E-state index contributed by atoms with van der Waals surface area (Å²) >= 11 is 0. The third-order valence-electron chi connectivity index (χ3n) is 7.76. The molecular weight excluding hydrogens is 402 g/mol. The second kappa shape index (κ2) is 8.32. The quantitative estimate of drug-likeness (QED) is 0.801. The number of fused-ring (bicyclic) bond motifs is 6. The lowest BCUT2D eigenvalue weighted by atomic mass is 9.76. The highest BCUT2D eigenvalue weighted by Gasteiger charge is 2.45. The first-order valence-corrected chi connectivity index (χ1v) is 12.0. The fourth-order valence-corrected chi connectivity index (χ4v) is 6.22. The lowest BCUT2D eigenvalue weighted by Gasteiger charge is -2.52. The van der Waals surface area contributed by atoms with Crippen molar-refractivity contribution < 1.29 is 14.3 Å². The summed E-state index contributed by atoms with van der Waals surface area (Å²) in [6.07, 6.45) is 5.20. The van der Waals surface area contributed by atoms with Crippen LogP contribution in [0.3, 0.4) is 0 Å². The zero-order valence-electron chi connectivity index (χ0n) is 18.5. The van der Waals surface area contributed by atoms with E-state index in [0.29, 0.717) is 25.3 Å². The van der Waals surface area contributed by atoms with Crippen LogP contribution in [-0.4, -0.2) is 54.8 Å². The predicted molar refractivity (Wildman–Crippen MR) is 122 cm³/mol. The second-order valence-electron chi connectivity index (χ2n) is 9.50. The van der Waals surface area contributed by atoms with Crippen molar-refractivity contribution in [2.24, 2.45) is 5.92 Å². The third-order valence-corrected chi connectivity index (χ3v) is 7.76. The summed E-state index contributed by atoms with van der Waals surface area (Å²) < 4.78 is 11.6. The Labute approximate surface area is 189 Å². The molecular formula is C26H31N3O3. The molecule has 0 saturated carbocycles. The number of piperidine rings is 2. The average Bonchev–Trinajstić information content (AvgIpc) is 3.32. The number of likely N-dealkylation sites (tertiary alicyclic amines) is 1. The minimum Gasteiger partial charge on any atom is -0.454 e. The van der Waals surface area contributed by atoms with E-state index in [0.717, 1.165) is 56.8 Å². The molecule has 32 heavy (non-hydrogen) atoms. The van der Waals surface area contributed by atoms with Crippen molar-refractivity contribution in [3.8, 4) is 11.5 Å². The van der Waals surface area contributed by atoms with E-state index in [1.165, 1.54) is 23.1 Å². The molecule has 6 heteroatoms. The third kappa shape index (κ3) is 3.51. The molecule has 0 spiro atoms. The fraction of sp³-hybridized carbons (Fsp3) is 0.500. The van der Waals surface area contributed by atoms with Crippen molar-refractivity contribution in [1.82, 2.24) is 15.1 Å². The summed E-state index contributed by atoms with van der Waals surface area (Å²) in [7, 11) is 0. The number of benzene rings is 2. The van der Waals surface area contributed by atoms with Crippen LogP contribution in [0.15, 0.2) is 42.5 Å². The SMILES string of the molecule is O=C(NCCc1ccccc1)N1CCC[C@@H]2CN3CCc4ccc5c(c4[C@H]3C[C@@H]21)OCO5. The predicted octanol–water partition coefficient (Wildman–Crippen LogP) is 3.75. The van der Waals surface area contributed by atoms with Gasteiger partial charge in [-0.25, -0.2) is 4.79 Å². The van der Waals surface area contributed by atoms with Gasteiger partial charge in [-0.15, -0.1) is 0 Å². The Hall–Kier alpha value is -2.73. The molecule has 1 N–H and O–H groups in total. The van der Waals surface area contributed by atoms with Gasteiger partial charge in [0.2, 0.25) is 6.79 Å². The summed E-state index contributed by atoms with van der Waals surface area (Å²) in [6, 6.07) is 15.3. The van der Waals surface area contributed by atoms with Crippen LogP contribution in [0.4, 0.5) is 4.79 Å². The van der Waals surface area contributed by atoms with Gasteiger partial charge in [-0.2, -0.15) is 0 Å². The van der Waals surface area contributed by atoms with E-state index in [4.69, 9.17) is 9.47 Å². The summed E-state index contributed by atoms with van der Waals surface area (Å²) in [5, 5.41) is 3.20. The molecule has 2 saturated heterocycles. The molecule has 0 aliphatic carbocycles. The molecule has 4 heterocycles. The van der Waals surface area contributed by atoms with E-state index >= 15 is 0 Å². The molecule has 6 rings (SSSR count). The number of nitrogens with one attached hydrogen (secondary N) is 1. The number of hydrogen-bond acceptors (Lipinski definition) is 4. The monoisotopic (exact) mass is 433 g/mol. The Morgan fingerprint density at radius 1 is 1.09 bits per heavy atom. The molecule has 0 unspecified atom stereocenters. The van der Waals surface area contributed by atoms with Gasteiger partial charge < -0.3 is 19.7 Å². The van der Waals surface area contributed by atoms with Gasteiger partial charge in [-0.1, -0.05) is 36.4 Å². The van der Waals surface area contributed by atoms with E-state index in [-0.39, 0.29) is 12.1 Å². The maximum atomic E-state index is 13.2. The van der Waals surface area contributed by atoms with Crippen LogP contribution in [0.25, 0.3) is 0 Å². The first-order chi connectivity index (χ1) is 15.8. The minimum atomic E-state index is 0.0954. The number of rotatable bonds is 3. The maximum Gasteiger partial charge on any atom is 0.317 e. The number of amides is 2. The summed E-state index contributed by atoms with van der Waals surface area (Å²) in [4.78, 5) is 18.0. The normalized spacial score (nSPS) is 26.1. The second-order valence-corrected chi connectivity index (χ2v) is 9.50. The fourth-order valence-electron chi connectivity index (χ4n) is 6.22. The Bertz CT molecular complexity index is 995. The first kappa shape index (κ1) is 19.9. The van der Waals surface area contributed by atoms with Crippen LogP contribution in [0.2, 0.25) is 0 Å². The lowest BCUT2D eigenvalue weighted by Crippen LogP contribution is -2.59. The molecule has 4 aliphatic rings. The number of nitrogens with zero attached hydrogens (tertiary/aromatic N) is 2. The molecule has 2 aromatic rings. The van der Waals surface area contributed by atoms with Gasteiger partial charge >= 0.3 is 6.03 Å². The highest BCUT2D eigenvalue weighted by Crippen LogP contribution is 2.49. The van der Waals surface area contributed by atoms with E-state index in [2.05, 4.69) is 39.4 Å². The van der Waals surface area contributed by atoms with Gasteiger partial charge in [0, 0.05) is 43.8 Å². The number of carbonyl (C=O) groups is 1. The van der Waals surface area contributed by atoms with Crippen molar-refractivity contribution in [1.29, 1.82) is 0 Å². The summed E-state index contributed by atoms with van der Waals surface area (Å²) in [5.74, 6) is 2.35. The summed E-state index contributed by atoms with van der Waals surface area (Å²) in [5.41, 5.74) is 3.94. The van der Waals surface area contributed by atoms with E-state index < -0.39 is 0 Å². The van der Waals surface area contributed by atoms with Crippen LogP contribution in [-0.2, 0) is 12.8 Å². The van der Waals surface area contributed by atoms with Crippen molar-refractivity contribution in [2.45, 2.75) is 44.2 Å². The van der Waals surface area contributed by atoms with Crippen molar-refractivity contribution in [3.63, 3.8) is 0 Å². The molecule has 6 nitrogen and oxygen atoms in total. The van der Waals surface area contributed by atoms with Crippen LogP contribution >= 0.6 is 0 Å². The van der Waals surface area contributed by atoms with Crippen LogP contribution < -0.4 is 14.8 Å². The van der Waals surface area contributed by atoms with Crippen molar-refractivity contribution >= 4 is 6.03 Å². The highest BCUT2D eigenvalue weighted by atomic mass is 16.7. The standard InChI is InChI=1S/C26H31N3O3/c30-26(27-12-10-18-5-2-1-3-6-18)29-13-4-7-20-16-28-14-11-19-8-9-23-25(32-17-31-23)24(19)22(28)15-21(20)29/h1-3,5-6,8-9,20-22H,4,7,10-17H2,(H,27,30)/t20-,21+,22-/m1/s1. The number of hydrogen-bond donors (Lipinski definition) is 1. The van der Waals surface area contributed by atoms with Gasteiger partial charge in [0.1, 0.15) is 0 Å². The molecule has 4 aliphatic heterocycles. The van der Waals surface area contributed by atoms with Gasteiger partial charge in [0.15, 0.2) is 11.5 Å². The zero-order valence-corrected chi connectivity index (χ0v) is 18.5. The van der Waals surface area contributed by atoms with E-state index in [9.17, 15) is 4.79 Å². The molecule has 168 valence electrons. The number of urea groups is 1. The Balaban J connectivity index is 1.19. The van der Waals surface area contributed by atoms with Crippen LogP contribution in [0, 0.1) is 5.92 Å². The van der Waals surface area contributed by atoms with Gasteiger partial charge in [0.05, 0.1) is 0 Å². The zero-order chi connectivity index (χ0) is 21.5. The smallest absolute Gasteiger partial charge is 0.317 e. The molecule has 0 aromatic heterocycles. The van der Waals surface area contributed by atoms with Crippen molar-refractivity contribution in [3.05, 3.63) is 59.2 Å². The molecule has 3 atom stereocenters. The van der Waals surface area contributed by atoms with Gasteiger partial charge in [-0.3, -0.25) is 4.90 Å². The van der Waals surface area contributed by atoms with E-state index in [1.807, 2.05) is 18.2 Å². The Morgan fingerprint density at radius 2 is 2.00 bits per heavy atom. The van der Waals surface area contributed by atoms with Crippen LogP contribution in [0.5, 0.6) is 11.5 Å². The first-order valence-electron chi connectivity index (χ1n) is 12.0. The lowest BCUT2D eigenvalue weighted by molar-refractivity contribution is 0.00493. The van der Waals surface area contributed by atoms with Crippen LogP contribution in [0.1, 0.15) is 42.0 Å². The molecule has 2 aromatic carbocycles. The maximum absolute atomic E-state index is 13.2. The molecule has 0 bridgehead atoms. The Kier molecular flexibility index (Phi) is 5.18. The van der Waals surface area contributed by atoms with E-state index in [1.54, 1.807) is 0 Å². The molecule has 2 fully saturated rings. The van der Waals surface area contributed by atoms with Crippen molar-refractivity contribution in [2.75, 3.05) is 33.0 Å². The van der Waals surface area contributed by atoms with Gasteiger partial charge in [-0.05, 0) is 55.2 Å².